The summed E-state index contributed by atoms with van der Waals surface area (Å²) in [6.07, 6.45) is -0.800. The molecule has 1 aromatic heterocycles. The molecule has 3 aromatic rings. The molecular weight excluding hydrogens is 420 g/mol. The minimum atomic E-state index is -4.06. The van der Waals surface area contributed by atoms with E-state index in [2.05, 4.69) is 10.1 Å². The lowest BCUT2D eigenvalue weighted by Gasteiger charge is -2.30. The van der Waals surface area contributed by atoms with E-state index in [-0.39, 0.29) is 30.5 Å². The molecule has 0 N–H and O–H groups in total. The summed E-state index contributed by atoms with van der Waals surface area (Å²) >= 11 is 0. The Kier molecular flexibility index (Phi) is 5.50. The van der Waals surface area contributed by atoms with E-state index in [1.54, 1.807) is 31.4 Å². The topological polar surface area (TPSA) is 94.8 Å². The van der Waals surface area contributed by atoms with Gasteiger partial charge >= 0.3 is 0 Å². The number of aromatic nitrogens is 2. The molecule has 0 saturated carbocycles. The van der Waals surface area contributed by atoms with Gasteiger partial charge in [-0.3, -0.25) is 0 Å². The van der Waals surface area contributed by atoms with Crippen LogP contribution in [0.1, 0.15) is 12.0 Å². The van der Waals surface area contributed by atoms with Crippen LogP contribution in [0.3, 0.4) is 0 Å². The zero-order chi connectivity index (χ0) is 21.3. The van der Waals surface area contributed by atoms with Gasteiger partial charge in [-0.15, -0.1) is 0 Å². The fraction of sp³-hybridized carbons (Fsp3) is 0.263. The molecule has 0 aliphatic carbocycles. The van der Waals surface area contributed by atoms with Gasteiger partial charge in [0.15, 0.2) is 17.7 Å². The largest absolute Gasteiger partial charge is 0.497 e. The number of benzene rings is 2. The average Bonchev–Trinajstić information content (AvgIpc) is 3.26. The molecule has 0 unspecified atom stereocenters. The molecule has 0 bridgehead atoms. The molecule has 4 rings (SSSR count). The van der Waals surface area contributed by atoms with Crippen molar-refractivity contribution in [2.45, 2.75) is 11.0 Å². The molecule has 30 heavy (non-hydrogen) atoms. The van der Waals surface area contributed by atoms with Crippen LogP contribution in [0.4, 0.5) is 8.78 Å². The fourth-order valence-corrected chi connectivity index (χ4v) is 4.46. The van der Waals surface area contributed by atoms with Crippen molar-refractivity contribution in [1.29, 1.82) is 0 Å². The van der Waals surface area contributed by atoms with Gasteiger partial charge in [0.25, 0.3) is 5.89 Å². The highest BCUT2D eigenvalue weighted by Gasteiger charge is 2.34. The van der Waals surface area contributed by atoms with Gasteiger partial charge in [0.2, 0.25) is 15.8 Å². The molecule has 1 atom stereocenters. The van der Waals surface area contributed by atoms with Gasteiger partial charge in [-0.05, 0) is 30.3 Å². The summed E-state index contributed by atoms with van der Waals surface area (Å²) in [7, 11) is -2.52. The first-order valence-electron chi connectivity index (χ1n) is 8.93. The molecule has 0 radical (unpaired) electrons. The molecule has 1 aliphatic heterocycles. The van der Waals surface area contributed by atoms with E-state index >= 15 is 0 Å². The minimum Gasteiger partial charge on any atom is -0.497 e. The van der Waals surface area contributed by atoms with Crippen LogP contribution in [0.2, 0.25) is 0 Å². The Hall–Kier alpha value is -2.89. The maximum Gasteiger partial charge on any atom is 0.257 e. The summed E-state index contributed by atoms with van der Waals surface area (Å²) < 4.78 is 69.5. The molecule has 0 amide bonds. The molecule has 11 heteroatoms. The number of morpholine rings is 1. The standard InChI is InChI=1S/C19H17F2N3O5S/c1-27-13-4-2-3-12(9-13)18-22-19(29-23-18)17-11-24(7-8-28-17)30(25,26)14-5-6-15(20)16(21)10-14/h2-6,9-10,17H,7-8,11H2,1H3/t17-/m0/s1. The van der Waals surface area contributed by atoms with Gasteiger partial charge < -0.3 is 14.0 Å². The highest BCUT2D eigenvalue weighted by Crippen LogP contribution is 2.28. The predicted molar refractivity (Wildman–Crippen MR) is 100 cm³/mol. The first-order chi connectivity index (χ1) is 14.4. The third-order valence-corrected chi connectivity index (χ3v) is 6.46. The highest BCUT2D eigenvalue weighted by atomic mass is 32.2. The second-order valence-corrected chi connectivity index (χ2v) is 8.42. The Labute approximate surface area is 171 Å². The second kappa shape index (κ2) is 8.09. The molecule has 0 spiro atoms. The maximum atomic E-state index is 13.5. The Morgan fingerprint density at radius 2 is 2.00 bits per heavy atom. The van der Waals surface area contributed by atoms with Crippen molar-refractivity contribution in [1.82, 2.24) is 14.4 Å². The van der Waals surface area contributed by atoms with E-state index in [0.717, 1.165) is 16.4 Å². The van der Waals surface area contributed by atoms with E-state index < -0.39 is 27.8 Å². The van der Waals surface area contributed by atoms with Crippen LogP contribution in [0.5, 0.6) is 5.75 Å². The molecule has 1 aliphatic rings. The lowest BCUT2D eigenvalue weighted by Crippen LogP contribution is -2.42. The van der Waals surface area contributed by atoms with Crippen LogP contribution >= 0.6 is 0 Å². The summed E-state index contributed by atoms with van der Waals surface area (Å²) in [6, 6.07) is 9.51. The molecule has 2 aromatic carbocycles. The first-order valence-corrected chi connectivity index (χ1v) is 10.4. The second-order valence-electron chi connectivity index (χ2n) is 6.49. The Morgan fingerprint density at radius 3 is 2.77 bits per heavy atom. The quantitative estimate of drug-likeness (QED) is 0.606. The molecule has 1 fully saturated rings. The van der Waals surface area contributed by atoms with E-state index in [9.17, 15) is 17.2 Å². The summed E-state index contributed by atoms with van der Waals surface area (Å²) in [5.74, 6) is -1.33. The summed E-state index contributed by atoms with van der Waals surface area (Å²) in [5.41, 5.74) is 0.659. The molecule has 158 valence electrons. The van der Waals surface area contributed by atoms with Crippen molar-refractivity contribution in [3.8, 4) is 17.1 Å². The van der Waals surface area contributed by atoms with Gasteiger partial charge in [0, 0.05) is 18.7 Å². The Bertz CT molecular complexity index is 1170. The van der Waals surface area contributed by atoms with Crippen LogP contribution in [0.15, 0.2) is 51.9 Å². The van der Waals surface area contributed by atoms with Gasteiger partial charge in [-0.2, -0.15) is 9.29 Å². The number of nitrogens with zero attached hydrogens (tertiary/aromatic N) is 3. The molecule has 8 nitrogen and oxygen atoms in total. The molecule has 1 saturated heterocycles. The van der Waals surface area contributed by atoms with Crippen LogP contribution in [0.25, 0.3) is 11.4 Å². The van der Waals surface area contributed by atoms with E-state index in [4.69, 9.17) is 14.0 Å². The van der Waals surface area contributed by atoms with Crippen molar-refractivity contribution in [2.75, 3.05) is 26.8 Å². The van der Waals surface area contributed by atoms with E-state index in [0.29, 0.717) is 23.2 Å². The average molecular weight is 437 g/mol. The Morgan fingerprint density at radius 1 is 1.17 bits per heavy atom. The van der Waals surface area contributed by atoms with Gasteiger partial charge in [0.05, 0.1) is 18.6 Å². The summed E-state index contributed by atoms with van der Waals surface area (Å²) in [5, 5.41) is 3.92. The van der Waals surface area contributed by atoms with Crippen LogP contribution in [-0.4, -0.2) is 49.7 Å². The van der Waals surface area contributed by atoms with E-state index in [1.807, 2.05) is 0 Å². The number of methoxy groups -OCH3 is 1. The summed E-state index contributed by atoms with van der Waals surface area (Å²) in [6.45, 7) is 0.0141. The van der Waals surface area contributed by atoms with Gasteiger partial charge in [0.1, 0.15) is 5.75 Å². The SMILES string of the molecule is COc1cccc(-c2noc([C@@H]3CN(S(=O)(=O)c4ccc(F)c(F)c4)CCO3)n2)c1. The third-order valence-electron chi connectivity index (χ3n) is 4.60. The zero-order valence-electron chi connectivity index (χ0n) is 15.8. The lowest BCUT2D eigenvalue weighted by atomic mass is 10.2. The Balaban J connectivity index is 1.55. The maximum absolute atomic E-state index is 13.5. The third kappa shape index (κ3) is 3.91. The van der Waals surface area contributed by atoms with Crippen molar-refractivity contribution in [3.63, 3.8) is 0 Å². The van der Waals surface area contributed by atoms with Crippen LogP contribution < -0.4 is 4.74 Å². The van der Waals surface area contributed by atoms with Crippen LogP contribution in [-0.2, 0) is 14.8 Å². The number of hydrogen-bond acceptors (Lipinski definition) is 7. The molecular formula is C19H17F2N3O5S. The predicted octanol–water partition coefficient (Wildman–Crippen LogP) is 2.79. The van der Waals surface area contributed by atoms with Crippen molar-refractivity contribution >= 4 is 10.0 Å². The smallest absolute Gasteiger partial charge is 0.257 e. The minimum absolute atomic E-state index is 0.0503. The lowest BCUT2D eigenvalue weighted by molar-refractivity contribution is -0.0199. The van der Waals surface area contributed by atoms with Crippen molar-refractivity contribution < 1.29 is 31.2 Å². The van der Waals surface area contributed by atoms with E-state index in [1.165, 1.54) is 0 Å². The van der Waals surface area contributed by atoms with Gasteiger partial charge in [-0.25, -0.2) is 17.2 Å². The zero-order valence-corrected chi connectivity index (χ0v) is 16.6. The monoisotopic (exact) mass is 437 g/mol. The molecule has 2 heterocycles. The van der Waals surface area contributed by atoms with Gasteiger partial charge in [-0.1, -0.05) is 17.3 Å². The number of sulfonamides is 1. The van der Waals surface area contributed by atoms with Crippen LogP contribution in [0, 0.1) is 11.6 Å². The fourth-order valence-electron chi connectivity index (χ4n) is 3.03. The first kappa shape index (κ1) is 20.4. The number of hydrogen-bond donors (Lipinski definition) is 0. The number of ether oxygens (including phenoxy) is 2. The number of rotatable bonds is 5. The summed E-state index contributed by atoms with van der Waals surface area (Å²) in [4.78, 5) is 3.96. The number of halogens is 2. The normalized spacial score (nSPS) is 17.8. The van der Waals surface area contributed by atoms with Crippen molar-refractivity contribution in [3.05, 3.63) is 60.0 Å². The highest BCUT2D eigenvalue weighted by molar-refractivity contribution is 7.89. The van der Waals surface area contributed by atoms with Crippen molar-refractivity contribution in [2.24, 2.45) is 0 Å².